The fourth-order valence-corrected chi connectivity index (χ4v) is 7.62. The van der Waals surface area contributed by atoms with Crippen LogP contribution in [0.4, 0.5) is 0 Å². The van der Waals surface area contributed by atoms with Crippen LogP contribution >= 0.6 is 11.8 Å². The van der Waals surface area contributed by atoms with E-state index in [1.165, 1.54) is 43.2 Å². The predicted octanol–water partition coefficient (Wildman–Crippen LogP) is 7.08. The van der Waals surface area contributed by atoms with Crippen LogP contribution in [0.3, 0.4) is 0 Å². The molecular weight excluding hydrogens is 440 g/mol. The normalized spacial score (nSPS) is 22.9. The minimum Gasteiger partial charge on any atom is -0.375 e. The lowest BCUT2D eigenvalue weighted by atomic mass is 9.62. The summed E-state index contributed by atoms with van der Waals surface area (Å²) in [6.45, 7) is 7.25. The van der Waals surface area contributed by atoms with Crippen LogP contribution in [0.25, 0.3) is 11.3 Å². The standard InChI is InChI=1S/C29H40N2O2S/c1-4-5-11-18-34-27-30-25-23-13-8-7-12-21(23)19-29(15-9-6-10-16-29)24(25)26(32)31(27)22-14-17-33-28(2,3)20-22/h7-8,12-13,22H,4-6,9-11,14-20H2,1-3H3/t22-/m1/s1. The molecule has 0 N–H and O–H groups in total. The number of hydrogen-bond donors (Lipinski definition) is 0. The first kappa shape index (κ1) is 24.1. The van der Waals surface area contributed by atoms with Crippen molar-refractivity contribution in [3.05, 3.63) is 45.7 Å². The van der Waals surface area contributed by atoms with Gasteiger partial charge in [-0.15, -0.1) is 0 Å². The van der Waals surface area contributed by atoms with E-state index in [2.05, 4.69) is 49.6 Å². The van der Waals surface area contributed by atoms with Crippen molar-refractivity contribution in [1.82, 2.24) is 9.55 Å². The van der Waals surface area contributed by atoms with Crippen LogP contribution < -0.4 is 5.56 Å². The molecule has 5 heteroatoms. The molecule has 0 amide bonds. The Morgan fingerprint density at radius 2 is 1.94 bits per heavy atom. The fraction of sp³-hybridized carbons (Fsp3) is 0.655. The fourth-order valence-electron chi connectivity index (χ4n) is 6.56. The van der Waals surface area contributed by atoms with Gasteiger partial charge < -0.3 is 4.74 Å². The van der Waals surface area contributed by atoms with Gasteiger partial charge in [0.2, 0.25) is 0 Å². The molecule has 2 aliphatic carbocycles. The topological polar surface area (TPSA) is 44.1 Å². The van der Waals surface area contributed by atoms with E-state index in [0.717, 1.165) is 60.7 Å². The summed E-state index contributed by atoms with van der Waals surface area (Å²) < 4.78 is 8.15. The largest absolute Gasteiger partial charge is 0.375 e. The molecule has 1 spiro atoms. The highest BCUT2D eigenvalue weighted by molar-refractivity contribution is 7.99. The Labute approximate surface area is 208 Å². The van der Waals surface area contributed by atoms with Gasteiger partial charge in [0, 0.05) is 29.4 Å². The summed E-state index contributed by atoms with van der Waals surface area (Å²) in [6.07, 6.45) is 12.2. The molecule has 1 saturated heterocycles. The lowest BCUT2D eigenvalue weighted by molar-refractivity contribution is -0.0710. The van der Waals surface area contributed by atoms with Gasteiger partial charge in [0.1, 0.15) is 0 Å². The van der Waals surface area contributed by atoms with Crippen molar-refractivity contribution >= 4 is 11.8 Å². The van der Waals surface area contributed by atoms with E-state index in [0.29, 0.717) is 6.61 Å². The van der Waals surface area contributed by atoms with Gasteiger partial charge in [0.05, 0.1) is 16.9 Å². The summed E-state index contributed by atoms with van der Waals surface area (Å²) in [5.41, 5.74) is 4.53. The Balaban J connectivity index is 1.68. The molecule has 0 radical (unpaired) electrons. The van der Waals surface area contributed by atoms with Crippen molar-refractivity contribution < 1.29 is 4.74 Å². The maximum atomic E-state index is 14.6. The van der Waals surface area contributed by atoms with Gasteiger partial charge in [-0.25, -0.2) is 4.98 Å². The Bertz CT molecular complexity index is 1080. The second-order valence-corrected chi connectivity index (χ2v) is 12.3. The van der Waals surface area contributed by atoms with Crippen molar-refractivity contribution in [1.29, 1.82) is 0 Å². The Hall–Kier alpha value is -1.59. The van der Waals surface area contributed by atoms with Crippen LogP contribution in [-0.4, -0.2) is 27.5 Å². The van der Waals surface area contributed by atoms with Gasteiger partial charge in [0.25, 0.3) is 5.56 Å². The highest BCUT2D eigenvalue weighted by Crippen LogP contribution is 2.49. The first-order valence-electron chi connectivity index (χ1n) is 13.5. The number of rotatable bonds is 6. The molecule has 1 aliphatic heterocycles. The molecule has 1 aromatic carbocycles. The molecule has 184 valence electrons. The number of aromatic nitrogens is 2. The second kappa shape index (κ2) is 9.81. The molecular formula is C29H40N2O2S. The van der Waals surface area contributed by atoms with E-state index in [1.54, 1.807) is 11.8 Å². The molecule has 0 bridgehead atoms. The highest BCUT2D eigenvalue weighted by atomic mass is 32.2. The maximum absolute atomic E-state index is 14.6. The molecule has 2 aromatic rings. The molecule has 4 nitrogen and oxygen atoms in total. The molecule has 3 aliphatic rings. The SMILES string of the molecule is CCCCCSc1nc2c(c(=O)n1[C@@H]1CCOC(C)(C)C1)C1(CCCCC1)Cc1ccccc1-2. The Kier molecular flexibility index (Phi) is 6.96. The zero-order chi connectivity index (χ0) is 23.8. The van der Waals surface area contributed by atoms with Crippen LogP contribution in [0.15, 0.2) is 34.2 Å². The minimum absolute atomic E-state index is 0.0557. The lowest BCUT2D eigenvalue weighted by Gasteiger charge is -2.43. The van der Waals surface area contributed by atoms with E-state index >= 15 is 0 Å². The van der Waals surface area contributed by atoms with Crippen molar-refractivity contribution in [3.63, 3.8) is 0 Å². The summed E-state index contributed by atoms with van der Waals surface area (Å²) in [7, 11) is 0. The van der Waals surface area contributed by atoms with Crippen molar-refractivity contribution in [2.75, 3.05) is 12.4 Å². The van der Waals surface area contributed by atoms with Crippen LogP contribution in [0.1, 0.15) is 102 Å². The van der Waals surface area contributed by atoms with Gasteiger partial charge in [0.15, 0.2) is 5.16 Å². The van der Waals surface area contributed by atoms with E-state index in [9.17, 15) is 4.79 Å². The summed E-state index contributed by atoms with van der Waals surface area (Å²) in [5, 5.41) is 0.921. The van der Waals surface area contributed by atoms with Gasteiger partial charge in [-0.05, 0) is 57.9 Å². The van der Waals surface area contributed by atoms with Crippen molar-refractivity contribution in [2.24, 2.45) is 0 Å². The molecule has 34 heavy (non-hydrogen) atoms. The average molecular weight is 481 g/mol. The molecule has 0 unspecified atom stereocenters. The van der Waals surface area contributed by atoms with E-state index < -0.39 is 0 Å². The van der Waals surface area contributed by atoms with Gasteiger partial charge >= 0.3 is 0 Å². The number of fused-ring (bicyclic) bond motifs is 4. The third kappa shape index (κ3) is 4.51. The highest BCUT2D eigenvalue weighted by Gasteiger charge is 2.44. The first-order chi connectivity index (χ1) is 16.4. The monoisotopic (exact) mass is 480 g/mol. The number of thioether (sulfide) groups is 1. The average Bonchev–Trinajstić information content (AvgIpc) is 2.81. The number of nitrogens with zero attached hydrogens (tertiary/aromatic N) is 2. The van der Waals surface area contributed by atoms with E-state index in [-0.39, 0.29) is 22.6 Å². The summed E-state index contributed by atoms with van der Waals surface area (Å²) in [4.78, 5) is 20.0. The van der Waals surface area contributed by atoms with Crippen LogP contribution in [0.5, 0.6) is 0 Å². The van der Waals surface area contributed by atoms with Gasteiger partial charge in [-0.3, -0.25) is 9.36 Å². The summed E-state index contributed by atoms with van der Waals surface area (Å²) >= 11 is 1.79. The minimum atomic E-state index is -0.211. The van der Waals surface area contributed by atoms with Crippen molar-refractivity contribution in [2.45, 2.75) is 114 Å². The van der Waals surface area contributed by atoms with E-state index in [4.69, 9.17) is 9.72 Å². The molecule has 1 aromatic heterocycles. The van der Waals surface area contributed by atoms with Gasteiger partial charge in [-0.1, -0.05) is 75.1 Å². The van der Waals surface area contributed by atoms with Crippen LogP contribution in [0, 0.1) is 0 Å². The van der Waals surface area contributed by atoms with Gasteiger partial charge in [-0.2, -0.15) is 0 Å². The third-order valence-corrected chi connectivity index (χ3v) is 9.28. The number of unbranched alkanes of at least 4 members (excludes halogenated alkanes) is 2. The summed E-state index contributed by atoms with van der Waals surface area (Å²) in [6, 6.07) is 8.84. The lowest BCUT2D eigenvalue weighted by Crippen LogP contribution is -2.45. The maximum Gasteiger partial charge on any atom is 0.258 e. The molecule has 5 rings (SSSR count). The Morgan fingerprint density at radius 3 is 2.71 bits per heavy atom. The smallest absolute Gasteiger partial charge is 0.258 e. The number of hydrogen-bond acceptors (Lipinski definition) is 4. The number of benzene rings is 1. The zero-order valence-electron chi connectivity index (χ0n) is 21.2. The molecule has 2 fully saturated rings. The van der Waals surface area contributed by atoms with Crippen LogP contribution in [-0.2, 0) is 16.6 Å². The molecule has 2 heterocycles. The summed E-state index contributed by atoms with van der Waals surface area (Å²) in [5.74, 6) is 1.01. The second-order valence-electron chi connectivity index (χ2n) is 11.3. The zero-order valence-corrected chi connectivity index (χ0v) is 22.0. The quantitative estimate of drug-likeness (QED) is 0.252. The predicted molar refractivity (Wildman–Crippen MR) is 141 cm³/mol. The van der Waals surface area contributed by atoms with Crippen molar-refractivity contribution in [3.8, 4) is 11.3 Å². The van der Waals surface area contributed by atoms with E-state index in [1.807, 2.05) is 0 Å². The third-order valence-electron chi connectivity index (χ3n) is 8.24. The van der Waals surface area contributed by atoms with Crippen LogP contribution in [0.2, 0.25) is 0 Å². The molecule has 1 saturated carbocycles. The Morgan fingerprint density at radius 1 is 1.15 bits per heavy atom. The first-order valence-corrected chi connectivity index (χ1v) is 14.4. The molecule has 1 atom stereocenters. The number of ether oxygens (including phenoxy) is 1.